The lowest BCUT2D eigenvalue weighted by Crippen LogP contribution is -2.14. The highest BCUT2D eigenvalue weighted by Crippen LogP contribution is 2.09. The van der Waals surface area contributed by atoms with Crippen LogP contribution in [0.15, 0.2) is 36.5 Å². The van der Waals surface area contributed by atoms with Crippen LogP contribution in [0, 0.1) is 0 Å². The van der Waals surface area contributed by atoms with Gasteiger partial charge in [0.25, 0.3) is 0 Å². The van der Waals surface area contributed by atoms with Crippen molar-refractivity contribution in [2.24, 2.45) is 0 Å². The van der Waals surface area contributed by atoms with Gasteiger partial charge in [-0.25, -0.2) is 0 Å². The molecule has 0 unspecified atom stereocenters. The van der Waals surface area contributed by atoms with Crippen molar-refractivity contribution < 1.29 is 28.6 Å². The summed E-state index contributed by atoms with van der Waals surface area (Å²) in [7, 11) is 0. The van der Waals surface area contributed by atoms with Crippen LogP contribution in [0.4, 0.5) is 0 Å². The summed E-state index contributed by atoms with van der Waals surface area (Å²) in [5.74, 6) is -0.789. The Balaban J connectivity index is 2.58. The normalized spacial score (nSPS) is 30.1. The van der Waals surface area contributed by atoms with E-state index in [2.05, 4.69) is 0 Å². The molecule has 6 heteroatoms. The lowest BCUT2D eigenvalue weighted by atomic mass is 10.2. The van der Waals surface area contributed by atoms with E-state index in [4.69, 9.17) is 14.2 Å². The van der Waals surface area contributed by atoms with Crippen molar-refractivity contribution in [2.75, 3.05) is 0 Å². The number of rotatable bonds is 0. The summed E-state index contributed by atoms with van der Waals surface area (Å²) in [6.45, 7) is 5.58. The molecular weight excluding hydrogens is 384 g/mol. The molecule has 0 radical (unpaired) electrons. The van der Waals surface area contributed by atoms with E-state index < -0.39 is 0 Å². The second kappa shape index (κ2) is 15.5. The summed E-state index contributed by atoms with van der Waals surface area (Å²) in [5.41, 5.74) is 0. The zero-order valence-electron chi connectivity index (χ0n) is 18.5. The Morgan fingerprint density at radius 3 is 1.07 bits per heavy atom. The lowest BCUT2D eigenvalue weighted by molar-refractivity contribution is -0.148. The summed E-state index contributed by atoms with van der Waals surface area (Å²) in [4.78, 5) is 35.6. The highest BCUT2D eigenvalue weighted by atomic mass is 16.5. The van der Waals surface area contributed by atoms with E-state index in [1.165, 1.54) is 0 Å². The van der Waals surface area contributed by atoms with Crippen LogP contribution in [0.1, 0.15) is 78.6 Å². The van der Waals surface area contributed by atoms with Crippen LogP contribution >= 0.6 is 0 Å². The maximum atomic E-state index is 11.9. The minimum absolute atomic E-state index is 0.180. The number of allylic oxidation sites excluding steroid dienone is 3. The third-order valence-corrected chi connectivity index (χ3v) is 4.57. The van der Waals surface area contributed by atoms with Gasteiger partial charge in [-0.3, -0.25) is 14.4 Å². The van der Waals surface area contributed by atoms with Crippen LogP contribution in [0.5, 0.6) is 0 Å². The van der Waals surface area contributed by atoms with Crippen LogP contribution in [0.2, 0.25) is 0 Å². The van der Waals surface area contributed by atoms with Gasteiger partial charge in [-0.1, -0.05) is 36.5 Å². The van der Waals surface area contributed by atoms with Crippen molar-refractivity contribution in [2.45, 2.75) is 96.9 Å². The first-order valence-electron chi connectivity index (χ1n) is 10.9. The highest BCUT2D eigenvalue weighted by Gasteiger charge is 2.10. The number of hydrogen-bond acceptors (Lipinski definition) is 6. The topological polar surface area (TPSA) is 78.9 Å². The van der Waals surface area contributed by atoms with Crippen molar-refractivity contribution in [3.8, 4) is 0 Å². The van der Waals surface area contributed by atoms with Crippen LogP contribution in [-0.4, -0.2) is 36.2 Å². The minimum atomic E-state index is -0.263. The van der Waals surface area contributed by atoms with Crippen molar-refractivity contribution >= 4 is 17.9 Å². The number of cyclic esters (lactones) is 3. The van der Waals surface area contributed by atoms with E-state index in [0.29, 0.717) is 19.3 Å². The standard InChI is InChI=1S/C24H36O6/c1-19-13-7-4-10-17-23(26)29-21(3)15-9-6-12-18-24(27)30-20(2)14-8-5-11-16-22(25)28-19/h4-6,10-12,19-21H,7-9,13-18H2,1-3H3/b10-4+,11-5+,12-6+/t19-,20-,21-/m1/s1. The van der Waals surface area contributed by atoms with Gasteiger partial charge in [0.15, 0.2) is 0 Å². The Morgan fingerprint density at radius 1 is 0.533 bits per heavy atom. The first kappa shape index (κ1) is 25.7. The Hall–Kier alpha value is -2.37. The van der Waals surface area contributed by atoms with Crippen LogP contribution in [-0.2, 0) is 28.6 Å². The summed E-state index contributed by atoms with van der Waals surface area (Å²) in [6.07, 6.45) is 15.5. The molecule has 0 saturated carbocycles. The second-order valence-corrected chi connectivity index (χ2v) is 7.66. The van der Waals surface area contributed by atoms with Crippen molar-refractivity contribution in [3.63, 3.8) is 0 Å². The second-order valence-electron chi connectivity index (χ2n) is 7.66. The highest BCUT2D eigenvalue weighted by molar-refractivity contribution is 5.72. The molecule has 0 fully saturated rings. The third kappa shape index (κ3) is 13.7. The van der Waals surface area contributed by atoms with Crippen LogP contribution in [0.3, 0.4) is 0 Å². The third-order valence-electron chi connectivity index (χ3n) is 4.57. The Labute approximate surface area is 180 Å². The molecule has 0 aromatic heterocycles. The molecule has 0 N–H and O–H groups in total. The van der Waals surface area contributed by atoms with Gasteiger partial charge >= 0.3 is 17.9 Å². The Kier molecular flexibility index (Phi) is 13.2. The molecule has 1 rings (SSSR count). The van der Waals surface area contributed by atoms with Crippen molar-refractivity contribution in [3.05, 3.63) is 36.5 Å². The number of esters is 3. The molecule has 0 aliphatic carbocycles. The fraction of sp³-hybridized carbons (Fsp3) is 0.625. The Bertz CT molecular complexity index is 534. The van der Waals surface area contributed by atoms with Crippen molar-refractivity contribution in [1.29, 1.82) is 0 Å². The molecule has 6 nitrogen and oxygen atoms in total. The molecule has 0 aromatic carbocycles. The Morgan fingerprint density at radius 2 is 0.800 bits per heavy atom. The largest absolute Gasteiger partial charge is 0.462 e. The van der Waals surface area contributed by atoms with Gasteiger partial charge in [-0.15, -0.1) is 0 Å². The number of hydrogen-bond donors (Lipinski definition) is 0. The molecule has 1 aliphatic rings. The quantitative estimate of drug-likeness (QED) is 0.313. The minimum Gasteiger partial charge on any atom is -0.462 e. The fourth-order valence-corrected chi connectivity index (χ4v) is 2.88. The monoisotopic (exact) mass is 420 g/mol. The average Bonchev–Trinajstić information content (AvgIpc) is 2.66. The van der Waals surface area contributed by atoms with Crippen molar-refractivity contribution in [1.82, 2.24) is 0 Å². The molecule has 30 heavy (non-hydrogen) atoms. The molecule has 0 amide bonds. The first-order valence-corrected chi connectivity index (χ1v) is 10.9. The predicted molar refractivity (Wildman–Crippen MR) is 116 cm³/mol. The van der Waals surface area contributed by atoms with Crippen LogP contribution < -0.4 is 0 Å². The molecule has 0 bridgehead atoms. The molecule has 0 saturated heterocycles. The molecule has 0 aromatic rings. The molecule has 168 valence electrons. The fourth-order valence-electron chi connectivity index (χ4n) is 2.88. The number of ether oxygens (including phenoxy) is 3. The summed E-state index contributed by atoms with van der Waals surface area (Å²) < 4.78 is 16.1. The van der Waals surface area contributed by atoms with Gasteiger partial charge in [0.1, 0.15) is 0 Å². The van der Waals surface area contributed by atoms with E-state index in [9.17, 15) is 14.4 Å². The summed E-state index contributed by atoms with van der Waals surface area (Å²) >= 11 is 0. The smallest absolute Gasteiger partial charge is 0.309 e. The molecule has 0 spiro atoms. The maximum Gasteiger partial charge on any atom is 0.309 e. The maximum absolute atomic E-state index is 11.9. The van der Waals surface area contributed by atoms with E-state index in [1.807, 2.05) is 39.0 Å². The number of carbonyl (C=O) groups is 3. The molecule has 3 atom stereocenters. The summed E-state index contributed by atoms with van der Waals surface area (Å²) in [5, 5.41) is 0. The van der Waals surface area contributed by atoms with E-state index in [0.717, 1.165) is 19.3 Å². The average molecular weight is 421 g/mol. The molecular formula is C24H36O6. The first-order chi connectivity index (χ1) is 14.4. The predicted octanol–water partition coefficient (Wildman–Crippen LogP) is 4.97. The summed E-state index contributed by atoms with van der Waals surface area (Å²) in [6, 6.07) is 0. The van der Waals surface area contributed by atoms with Gasteiger partial charge in [0.05, 0.1) is 37.6 Å². The lowest BCUT2D eigenvalue weighted by Gasteiger charge is -2.12. The van der Waals surface area contributed by atoms with E-state index >= 15 is 0 Å². The zero-order chi connectivity index (χ0) is 22.2. The van der Waals surface area contributed by atoms with Gasteiger partial charge in [-0.05, 0) is 59.3 Å². The van der Waals surface area contributed by atoms with Crippen LogP contribution in [0.25, 0.3) is 0 Å². The van der Waals surface area contributed by atoms with Gasteiger partial charge < -0.3 is 14.2 Å². The zero-order valence-corrected chi connectivity index (χ0v) is 18.5. The van der Waals surface area contributed by atoms with E-state index in [-0.39, 0.29) is 55.5 Å². The SMILES string of the molecule is C[C@@H]1CC/C=C/CC(=O)O[C@H](C)CC/C=C/CC(=O)O[C@H](C)CC/C=C/CC(=O)O1. The van der Waals surface area contributed by atoms with Gasteiger partial charge in [-0.2, -0.15) is 0 Å². The molecule has 1 heterocycles. The van der Waals surface area contributed by atoms with E-state index in [1.54, 1.807) is 18.2 Å². The molecule has 1 aliphatic heterocycles. The number of carbonyl (C=O) groups excluding carboxylic acids is 3. The van der Waals surface area contributed by atoms with Gasteiger partial charge in [0, 0.05) is 0 Å². The van der Waals surface area contributed by atoms with Gasteiger partial charge in [0.2, 0.25) is 0 Å².